The molecule has 2 aliphatic rings. The van der Waals surface area contributed by atoms with Gasteiger partial charge in [-0.15, -0.1) is 13.2 Å². The van der Waals surface area contributed by atoms with Crippen LogP contribution in [0.2, 0.25) is 0 Å². The number of carbonyl (C=O) groups excluding carboxylic acids is 2. The number of piperidine rings is 1. The van der Waals surface area contributed by atoms with Gasteiger partial charge in [0.25, 0.3) is 0 Å². The van der Waals surface area contributed by atoms with Gasteiger partial charge in [-0.05, 0) is 80.1 Å². The number of likely N-dealkylation sites (tertiary alicyclic amines) is 2. The second kappa shape index (κ2) is 10.3. The lowest BCUT2D eigenvalue weighted by Crippen LogP contribution is -2.41. The van der Waals surface area contributed by atoms with E-state index in [1.165, 1.54) is 12.1 Å². The van der Waals surface area contributed by atoms with Crippen molar-refractivity contribution in [3.63, 3.8) is 0 Å². The molecule has 4 rings (SSSR count). The summed E-state index contributed by atoms with van der Waals surface area (Å²) in [6.07, 6.45) is 0.470. The number of carbonyl (C=O) groups is 2. The Kier molecular flexibility index (Phi) is 7.35. The van der Waals surface area contributed by atoms with Gasteiger partial charge in [0.2, 0.25) is 11.8 Å². The molecule has 9 heteroatoms. The summed E-state index contributed by atoms with van der Waals surface area (Å²) in [5.41, 5.74) is 7.55. The SMILES string of the molecule is NC(=O)c1ccccc1[CH]CCN1CCC2(CC1)CC(=O)N(Cc1ccc(OC(F)(F)F)cc1)C2. The molecule has 1 spiro atoms. The average molecular weight is 489 g/mol. The lowest BCUT2D eigenvalue weighted by molar-refractivity contribution is -0.274. The van der Waals surface area contributed by atoms with E-state index in [9.17, 15) is 22.8 Å². The van der Waals surface area contributed by atoms with Crippen LogP contribution in [0.5, 0.6) is 5.75 Å². The molecule has 2 aliphatic heterocycles. The number of nitrogens with two attached hydrogens (primary N) is 1. The van der Waals surface area contributed by atoms with Crippen LogP contribution in [0.4, 0.5) is 13.2 Å². The molecule has 2 fully saturated rings. The first-order valence-corrected chi connectivity index (χ1v) is 11.7. The summed E-state index contributed by atoms with van der Waals surface area (Å²) < 4.78 is 40.9. The van der Waals surface area contributed by atoms with E-state index in [2.05, 4.69) is 9.64 Å². The van der Waals surface area contributed by atoms with Gasteiger partial charge in [-0.1, -0.05) is 30.3 Å². The quantitative estimate of drug-likeness (QED) is 0.606. The van der Waals surface area contributed by atoms with Gasteiger partial charge in [0, 0.05) is 25.1 Å². The van der Waals surface area contributed by atoms with Crippen LogP contribution < -0.4 is 10.5 Å². The van der Waals surface area contributed by atoms with Crippen LogP contribution in [0.1, 0.15) is 47.2 Å². The van der Waals surface area contributed by atoms with Crippen molar-refractivity contribution in [2.24, 2.45) is 11.1 Å². The second-order valence-electron chi connectivity index (χ2n) is 9.40. The van der Waals surface area contributed by atoms with Crippen LogP contribution in [-0.4, -0.2) is 54.2 Å². The first kappa shape index (κ1) is 25.0. The van der Waals surface area contributed by atoms with Gasteiger partial charge in [-0.2, -0.15) is 0 Å². The summed E-state index contributed by atoms with van der Waals surface area (Å²) in [7, 11) is 0. The molecule has 2 amide bonds. The highest BCUT2D eigenvalue weighted by molar-refractivity contribution is 5.94. The largest absolute Gasteiger partial charge is 0.573 e. The summed E-state index contributed by atoms with van der Waals surface area (Å²) in [5, 5.41) is 0. The van der Waals surface area contributed by atoms with Crippen molar-refractivity contribution >= 4 is 11.8 Å². The van der Waals surface area contributed by atoms with Crippen molar-refractivity contribution in [2.75, 3.05) is 26.2 Å². The van der Waals surface area contributed by atoms with Gasteiger partial charge in [0.05, 0.1) is 0 Å². The van der Waals surface area contributed by atoms with Crippen LogP contribution in [0, 0.1) is 11.8 Å². The van der Waals surface area contributed by atoms with Crippen LogP contribution in [0.25, 0.3) is 0 Å². The summed E-state index contributed by atoms with van der Waals surface area (Å²) in [6, 6.07) is 13.0. The van der Waals surface area contributed by atoms with E-state index in [0.29, 0.717) is 25.1 Å². The third kappa shape index (κ3) is 6.54. The van der Waals surface area contributed by atoms with Crippen LogP contribution in [0.3, 0.4) is 0 Å². The third-order valence-corrected chi connectivity index (χ3v) is 6.89. The number of hydrogen-bond acceptors (Lipinski definition) is 4. The molecule has 2 aromatic carbocycles. The minimum absolute atomic E-state index is 0.0464. The lowest BCUT2D eigenvalue weighted by Gasteiger charge is -2.38. The van der Waals surface area contributed by atoms with Gasteiger partial charge >= 0.3 is 6.36 Å². The number of halogens is 3. The van der Waals surface area contributed by atoms with Gasteiger partial charge in [-0.25, -0.2) is 0 Å². The molecular weight excluding hydrogens is 459 g/mol. The number of nitrogens with zero attached hydrogens (tertiary/aromatic N) is 2. The molecule has 2 N–H and O–H groups in total. The smallest absolute Gasteiger partial charge is 0.406 e. The maximum atomic E-state index is 12.7. The van der Waals surface area contributed by atoms with E-state index in [1.807, 2.05) is 23.5 Å². The number of primary amides is 1. The highest BCUT2D eigenvalue weighted by Crippen LogP contribution is 2.41. The van der Waals surface area contributed by atoms with E-state index in [4.69, 9.17) is 5.73 Å². The Labute approximate surface area is 202 Å². The predicted octanol–water partition coefficient (Wildman–Crippen LogP) is 4.14. The number of benzene rings is 2. The predicted molar refractivity (Wildman–Crippen MR) is 124 cm³/mol. The molecule has 35 heavy (non-hydrogen) atoms. The van der Waals surface area contributed by atoms with Crippen molar-refractivity contribution < 1.29 is 27.5 Å². The Hall–Kier alpha value is -3.07. The monoisotopic (exact) mass is 488 g/mol. The zero-order valence-corrected chi connectivity index (χ0v) is 19.4. The topological polar surface area (TPSA) is 75.9 Å². The Morgan fingerprint density at radius 1 is 1.09 bits per heavy atom. The van der Waals surface area contributed by atoms with Crippen LogP contribution in [0.15, 0.2) is 48.5 Å². The minimum Gasteiger partial charge on any atom is -0.406 e. The fourth-order valence-electron chi connectivity index (χ4n) is 5.03. The average Bonchev–Trinajstić information content (AvgIpc) is 3.10. The Morgan fingerprint density at radius 3 is 2.43 bits per heavy atom. The first-order valence-electron chi connectivity index (χ1n) is 11.7. The van der Waals surface area contributed by atoms with Crippen LogP contribution >= 0.6 is 0 Å². The lowest BCUT2D eigenvalue weighted by atomic mass is 9.77. The van der Waals surface area contributed by atoms with Gasteiger partial charge in [-0.3, -0.25) is 9.59 Å². The summed E-state index contributed by atoms with van der Waals surface area (Å²) in [5.74, 6) is -0.614. The van der Waals surface area contributed by atoms with Gasteiger partial charge < -0.3 is 20.3 Å². The van der Waals surface area contributed by atoms with Crippen molar-refractivity contribution in [1.82, 2.24) is 9.80 Å². The van der Waals surface area contributed by atoms with Crippen molar-refractivity contribution in [3.05, 3.63) is 71.6 Å². The van der Waals surface area contributed by atoms with Crippen molar-refractivity contribution in [1.29, 1.82) is 0 Å². The van der Waals surface area contributed by atoms with E-state index in [0.717, 1.165) is 50.0 Å². The Balaban J connectivity index is 1.24. The highest BCUT2D eigenvalue weighted by Gasteiger charge is 2.44. The molecule has 0 atom stereocenters. The molecule has 2 saturated heterocycles. The maximum absolute atomic E-state index is 12.7. The molecule has 187 valence electrons. The third-order valence-electron chi connectivity index (χ3n) is 6.89. The number of rotatable bonds is 8. The molecule has 0 unspecified atom stereocenters. The van der Waals surface area contributed by atoms with Crippen molar-refractivity contribution in [3.8, 4) is 5.75 Å². The van der Waals surface area contributed by atoms with E-state index in [1.54, 1.807) is 24.3 Å². The zero-order chi connectivity index (χ0) is 25.1. The number of hydrogen-bond donors (Lipinski definition) is 1. The van der Waals surface area contributed by atoms with Crippen LogP contribution in [-0.2, 0) is 11.3 Å². The fraction of sp³-hybridized carbons (Fsp3) is 0.423. The van der Waals surface area contributed by atoms with Gasteiger partial charge in [0.1, 0.15) is 5.75 Å². The van der Waals surface area contributed by atoms with E-state index < -0.39 is 12.3 Å². The molecule has 6 nitrogen and oxygen atoms in total. The molecule has 2 aromatic rings. The molecule has 2 heterocycles. The zero-order valence-electron chi connectivity index (χ0n) is 19.4. The number of ether oxygens (including phenoxy) is 1. The summed E-state index contributed by atoms with van der Waals surface area (Å²) >= 11 is 0. The minimum atomic E-state index is -4.72. The Morgan fingerprint density at radius 2 is 1.77 bits per heavy atom. The molecule has 0 saturated carbocycles. The standard InChI is InChI=1S/C26H29F3N3O3/c27-26(28,29)35-21-9-7-19(8-10-21)17-32-18-25(16-23(32)33)11-14-31(15-12-25)13-3-5-20-4-1-2-6-22(20)24(30)34/h1-2,4-10H,3,11-18H2,(H2,30,34). The summed E-state index contributed by atoms with van der Waals surface area (Å²) in [4.78, 5) is 28.5. The second-order valence-corrected chi connectivity index (χ2v) is 9.40. The molecule has 0 aliphatic carbocycles. The fourth-order valence-corrected chi connectivity index (χ4v) is 5.03. The van der Waals surface area contributed by atoms with Crippen molar-refractivity contribution in [2.45, 2.75) is 38.6 Å². The summed E-state index contributed by atoms with van der Waals surface area (Å²) in [6.45, 7) is 3.71. The molecule has 0 bridgehead atoms. The molecule has 1 radical (unpaired) electrons. The van der Waals surface area contributed by atoms with E-state index >= 15 is 0 Å². The highest BCUT2D eigenvalue weighted by atomic mass is 19.4. The normalized spacial score (nSPS) is 18.3. The number of amides is 2. The number of alkyl halides is 3. The maximum Gasteiger partial charge on any atom is 0.573 e. The Bertz CT molecular complexity index is 1050. The first-order chi connectivity index (χ1) is 16.6. The van der Waals surface area contributed by atoms with Gasteiger partial charge in [0.15, 0.2) is 0 Å². The molecule has 0 aromatic heterocycles. The molecular formula is C26H29F3N3O3. The van der Waals surface area contributed by atoms with E-state index in [-0.39, 0.29) is 17.1 Å².